The maximum absolute atomic E-state index is 13.6. The van der Waals surface area contributed by atoms with Crippen LogP contribution in [-0.2, 0) is 19.4 Å². The van der Waals surface area contributed by atoms with Gasteiger partial charge in [-0.05, 0) is 37.5 Å². The number of aromatic amines is 1. The molecule has 7 heteroatoms. The number of carbonyl (C=O) groups excluding carboxylic acids is 1. The van der Waals surface area contributed by atoms with Crippen LogP contribution in [0.25, 0.3) is 11.0 Å². The molecule has 2 aromatic carbocycles. The minimum atomic E-state index is -0.323. The minimum Gasteiger partial charge on any atom is -0.346 e. The first-order valence-electron chi connectivity index (χ1n) is 9.58. The lowest BCUT2D eigenvalue weighted by Crippen LogP contribution is -2.23. The van der Waals surface area contributed by atoms with Gasteiger partial charge in [-0.15, -0.1) is 11.3 Å². The molecule has 148 valence electrons. The van der Waals surface area contributed by atoms with E-state index in [1.54, 1.807) is 23.6 Å². The number of imidazole rings is 1. The molecule has 0 aliphatic heterocycles. The highest BCUT2D eigenvalue weighted by atomic mass is 32.1. The molecular weight excluding hydrogens is 387 g/mol. The maximum Gasteiger partial charge on any atom is 0.271 e. The standard InChI is InChI=1S/C22H21FN4OS/c23-16-8-2-1-7-15(16)13-24-22(28)19-14-29-21(27-19)12-6-5-11-20-25-17-9-3-4-10-18(17)26-20/h1-4,7-10,14H,5-6,11-13H2,(H,24,28)(H,25,26). The SMILES string of the molecule is O=C(NCc1ccccc1F)c1csc(CCCCc2nc3ccccc3[nH]2)n1. The fraction of sp³-hybridized carbons (Fsp3) is 0.227. The monoisotopic (exact) mass is 408 g/mol. The van der Waals surface area contributed by atoms with Crippen LogP contribution in [0, 0.1) is 5.82 Å². The van der Waals surface area contributed by atoms with E-state index in [0.29, 0.717) is 11.3 Å². The first kappa shape index (κ1) is 19.3. The fourth-order valence-electron chi connectivity index (χ4n) is 3.13. The number of benzene rings is 2. The molecule has 4 rings (SSSR count). The predicted molar refractivity (Wildman–Crippen MR) is 112 cm³/mol. The van der Waals surface area contributed by atoms with Gasteiger partial charge in [0.15, 0.2) is 0 Å². The molecule has 0 bridgehead atoms. The lowest BCUT2D eigenvalue weighted by molar-refractivity contribution is 0.0946. The molecule has 2 aromatic heterocycles. The number of fused-ring (bicyclic) bond motifs is 1. The predicted octanol–water partition coefficient (Wildman–Crippen LogP) is 4.65. The summed E-state index contributed by atoms with van der Waals surface area (Å²) >= 11 is 1.48. The molecule has 4 aromatic rings. The van der Waals surface area contributed by atoms with E-state index in [4.69, 9.17) is 0 Å². The molecule has 0 radical (unpaired) electrons. The number of hydrogen-bond donors (Lipinski definition) is 2. The number of carbonyl (C=O) groups is 1. The zero-order chi connectivity index (χ0) is 20.1. The number of nitrogens with zero attached hydrogens (tertiary/aromatic N) is 2. The molecule has 0 aliphatic carbocycles. The second-order valence-electron chi connectivity index (χ2n) is 6.81. The third-order valence-electron chi connectivity index (χ3n) is 4.67. The van der Waals surface area contributed by atoms with Crippen LogP contribution in [0.3, 0.4) is 0 Å². The molecule has 0 saturated carbocycles. The molecule has 5 nitrogen and oxygen atoms in total. The highest BCUT2D eigenvalue weighted by Gasteiger charge is 2.11. The second-order valence-corrected chi connectivity index (χ2v) is 7.75. The first-order valence-corrected chi connectivity index (χ1v) is 10.5. The van der Waals surface area contributed by atoms with Crippen molar-refractivity contribution in [3.8, 4) is 0 Å². The van der Waals surface area contributed by atoms with Gasteiger partial charge in [0.25, 0.3) is 5.91 Å². The smallest absolute Gasteiger partial charge is 0.271 e. The Morgan fingerprint density at radius 1 is 1.03 bits per heavy atom. The van der Waals surface area contributed by atoms with Crippen LogP contribution < -0.4 is 5.32 Å². The molecule has 0 fully saturated rings. The zero-order valence-corrected chi connectivity index (χ0v) is 16.6. The highest BCUT2D eigenvalue weighted by Crippen LogP contribution is 2.16. The summed E-state index contributed by atoms with van der Waals surface area (Å²) in [6, 6.07) is 14.4. The van der Waals surface area contributed by atoms with Crippen molar-refractivity contribution in [3.05, 3.63) is 81.8 Å². The maximum atomic E-state index is 13.6. The number of nitrogens with one attached hydrogen (secondary N) is 2. The number of amides is 1. The van der Waals surface area contributed by atoms with Crippen molar-refractivity contribution in [2.45, 2.75) is 32.2 Å². The van der Waals surface area contributed by atoms with E-state index in [9.17, 15) is 9.18 Å². The average molecular weight is 409 g/mol. The summed E-state index contributed by atoms with van der Waals surface area (Å²) in [4.78, 5) is 24.6. The molecule has 2 N–H and O–H groups in total. The Hall–Kier alpha value is -3.06. The van der Waals surface area contributed by atoms with Gasteiger partial charge in [0.05, 0.1) is 16.0 Å². The Bertz CT molecular complexity index is 1090. The van der Waals surface area contributed by atoms with Gasteiger partial charge < -0.3 is 10.3 Å². The molecule has 0 spiro atoms. The van der Waals surface area contributed by atoms with Gasteiger partial charge in [-0.25, -0.2) is 14.4 Å². The van der Waals surface area contributed by atoms with E-state index in [0.717, 1.165) is 47.5 Å². The number of aryl methyl sites for hydroxylation is 2. The Morgan fingerprint density at radius 2 is 1.83 bits per heavy atom. The normalized spacial score (nSPS) is 11.1. The molecule has 0 atom stereocenters. The Balaban J connectivity index is 1.23. The van der Waals surface area contributed by atoms with E-state index in [1.807, 2.05) is 24.3 Å². The average Bonchev–Trinajstić information content (AvgIpc) is 3.37. The Kier molecular flexibility index (Phi) is 5.95. The van der Waals surface area contributed by atoms with Gasteiger partial charge >= 0.3 is 0 Å². The van der Waals surface area contributed by atoms with E-state index in [-0.39, 0.29) is 18.3 Å². The molecular formula is C22H21FN4OS. The van der Waals surface area contributed by atoms with E-state index >= 15 is 0 Å². The van der Waals surface area contributed by atoms with Crippen LogP contribution in [0.15, 0.2) is 53.9 Å². The first-order chi connectivity index (χ1) is 14.2. The number of aromatic nitrogens is 3. The largest absolute Gasteiger partial charge is 0.346 e. The van der Waals surface area contributed by atoms with E-state index in [1.165, 1.54) is 17.4 Å². The summed E-state index contributed by atoms with van der Waals surface area (Å²) < 4.78 is 13.6. The van der Waals surface area contributed by atoms with Crippen molar-refractivity contribution in [1.29, 1.82) is 0 Å². The minimum absolute atomic E-state index is 0.149. The third-order valence-corrected chi connectivity index (χ3v) is 5.58. The van der Waals surface area contributed by atoms with Gasteiger partial charge in [0.1, 0.15) is 17.3 Å². The lowest BCUT2D eigenvalue weighted by atomic mass is 10.2. The summed E-state index contributed by atoms with van der Waals surface area (Å²) in [5, 5.41) is 5.41. The van der Waals surface area contributed by atoms with Gasteiger partial charge in [0.2, 0.25) is 0 Å². The Morgan fingerprint density at radius 3 is 2.69 bits per heavy atom. The van der Waals surface area contributed by atoms with Crippen molar-refractivity contribution < 1.29 is 9.18 Å². The Labute approximate surface area is 172 Å². The van der Waals surface area contributed by atoms with Crippen LogP contribution in [0.5, 0.6) is 0 Å². The van der Waals surface area contributed by atoms with Crippen LogP contribution in [0.1, 0.15) is 39.7 Å². The number of rotatable bonds is 8. The summed E-state index contributed by atoms with van der Waals surface area (Å²) in [6.07, 6.45) is 3.68. The molecule has 1 amide bonds. The van der Waals surface area contributed by atoms with Crippen LogP contribution >= 0.6 is 11.3 Å². The molecule has 0 saturated heterocycles. The third kappa shape index (κ3) is 4.86. The molecule has 2 heterocycles. The summed E-state index contributed by atoms with van der Waals surface area (Å²) in [6.45, 7) is 0.149. The number of halogens is 1. The van der Waals surface area contributed by atoms with Crippen molar-refractivity contribution in [2.24, 2.45) is 0 Å². The van der Waals surface area contributed by atoms with Gasteiger partial charge in [-0.2, -0.15) is 0 Å². The molecule has 0 aliphatic rings. The molecule has 0 unspecified atom stereocenters. The number of thiazole rings is 1. The fourth-order valence-corrected chi connectivity index (χ4v) is 3.95. The zero-order valence-electron chi connectivity index (χ0n) is 15.8. The number of hydrogen-bond acceptors (Lipinski definition) is 4. The van der Waals surface area contributed by atoms with Crippen molar-refractivity contribution >= 4 is 28.3 Å². The number of unbranched alkanes of at least 4 members (excludes halogenated alkanes) is 1. The van der Waals surface area contributed by atoms with E-state index in [2.05, 4.69) is 20.3 Å². The van der Waals surface area contributed by atoms with Crippen LogP contribution in [0.4, 0.5) is 4.39 Å². The van der Waals surface area contributed by atoms with Crippen molar-refractivity contribution in [3.63, 3.8) is 0 Å². The quantitative estimate of drug-likeness (QED) is 0.417. The lowest BCUT2D eigenvalue weighted by Gasteiger charge is -2.04. The number of para-hydroxylation sites is 2. The van der Waals surface area contributed by atoms with Gasteiger partial charge in [-0.3, -0.25) is 4.79 Å². The van der Waals surface area contributed by atoms with Crippen LogP contribution in [0.2, 0.25) is 0 Å². The number of H-pyrrole nitrogens is 1. The second kappa shape index (κ2) is 8.96. The summed E-state index contributed by atoms with van der Waals surface area (Å²) in [7, 11) is 0. The van der Waals surface area contributed by atoms with Crippen LogP contribution in [-0.4, -0.2) is 20.9 Å². The topological polar surface area (TPSA) is 70.7 Å². The van der Waals surface area contributed by atoms with Crippen molar-refractivity contribution in [2.75, 3.05) is 0 Å². The molecule has 29 heavy (non-hydrogen) atoms. The summed E-state index contributed by atoms with van der Waals surface area (Å²) in [5.41, 5.74) is 2.91. The van der Waals surface area contributed by atoms with E-state index < -0.39 is 0 Å². The van der Waals surface area contributed by atoms with Crippen molar-refractivity contribution in [1.82, 2.24) is 20.3 Å². The summed E-state index contributed by atoms with van der Waals surface area (Å²) in [5.74, 6) is 0.396. The van der Waals surface area contributed by atoms with Gasteiger partial charge in [-0.1, -0.05) is 30.3 Å². The van der Waals surface area contributed by atoms with Gasteiger partial charge in [0, 0.05) is 23.9 Å². The highest BCUT2D eigenvalue weighted by molar-refractivity contribution is 7.09.